The Balaban J connectivity index is 2.48. The molecule has 0 spiro atoms. The molecule has 25 heavy (non-hydrogen) atoms. The van der Waals surface area contributed by atoms with E-state index in [1.807, 2.05) is 30.3 Å². The van der Waals surface area contributed by atoms with Crippen LogP contribution in [0.15, 0.2) is 30.3 Å². The summed E-state index contributed by atoms with van der Waals surface area (Å²) in [5, 5.41) is 5.15. The third kappa shape index (κ3) is 9.31. The zero-order valence-corrected chi connectivity index (χ0v) is 14.3. The summed E-state index contributed by atoms with van der Waals surface area (Å²) >= 11 is 0. The number of alkyl carbamates (subject to hydrolysis) is 1. The Morgan fingerprint density at radius 1 is 1.20 bits per heavy atom. The molecule has 4 N–H and O–H groups in total. The van der Waals surface area contributed by atoms with Crippen LogP contribution < -0.4 is 16.4 Å². The number of carbonyl (C=O) groups excluding carboxylic acids is 3. The predicted octanol–water partition coefficient (Wildman–Crippen LogP) is 0.700. The quantitative estimate of drug-likeness (QED) is 0.507. The van der Waals surface area contributed by atoms with Crippen molar-refractivity contribution in [3.63, 3.8) is 0 Å². The van der Waals surface area contributed by atoms with Crippen LogP contribution in [-0.2, 0) is 25.7 Å². The fraction of sp³-hybridized carbons (Fsp3) is 0.471. The Kier molecular flexibility index (Phi) is 9.69. The molecule has 0 fully saturated rings. The summed E-state index contributed by atoms with van der Waals surface area (Å²) in [6, 6.07) is 8.27. The van der Waals surface area contributed by atoms with Crippen LogP contribution >= 0.6 is 0 Å². The number of amides is 3. The molecule has 0 aliphatic rings. The highest BCUT2D eigenvalue weighted by molar-refractivity contribution is 5.86. The Labute approximate surface area is 147 Å². The summed E-state index contributed by atoms with van der Waals surface area (Å²) in [5.41, 5.74) is 5.94. The zero-order chi connectivity index (χ0) is 18.5. The number of benzene rings is 1. The van der Waals surface area contributed by atoms with E-state index >= 15 is 0 Å². The number of ether oxygens (including phenoxy) is 2. The molecule has 0 aromatic heterocycles. The monoisotopic (exact) mass is 351 g/mol. The van der Waals surface area contributed by atoms with Crippen LogP contribution in [0.3, 0.4) is 0 Å². The van der Waals surface area contributed by atoms with Crippen molar-refractivity contribution in [3.8, 4) is 0 Å². The van der Waals surface area contributed by atoms with E-state index < -0.39 is 23.9 Å². The summed E-state index contributed by atoms with van der Waals surface area (Å²) in [6.07, 6.45) is -0.00472. The Morgan fingerprint density at radius 2 is 1.92 bits per heavy atom. The molecular formula is C17H25N3O5. The molecular weight excluding hydrogens is 326 g/mol. The molecule has 1 rings (SSSR count). The minimum Gasteiger partial charge on any atom is -0.445 e. The van der Waals surface area contributed by atoms with Crippen LogP contribution in [0.2, 0.25) is 0 Å². The number of methoxy groups -OCH3 is 1. The summed E-state index contributed by atoms with van der Waals surface area (Å²) < 4.78 is 9.99. The van der Waals surface area contributed by atoms with Crippen molar-refractivity contribution in [2.75, 3.05) is 20.3 Å². The van der Waals surface area contributed by atoms with Crippen molar-refractivity contribution in [2.24, 2.45) is 5.73 Å². The van der Waals surface area contributed by atoms with Crippen LogP contribution in [-0.4, -0.2) is 44.2 Å². The maximum Gasteiger partial charge on any atom is 0.408 e. The van der Waals surface area contributed by atoms with Gasteiger partial charge in [0.25, 0.3) is 0 Å². The largest absolute Gasteiger partial charge is 0.445 e. The van der Waals surface area contributed by atoms with Gasteiger partial charge in [-0.3, -0.25) is 9.59 Å². The second kappa shape index (κ2) is 11.9. The first-order chi connectivity index (χ1) is 12.0. The van der Waals surface area contributed by atoms with Gasteiger partial charge in [-0.15, -0.1) is 0 Å². The van der Waals surface area contributed by atoms with Crippen LogP contribution in [0.1, 0.15) is 24.8 Å². The molecule has 1 aromatic rings. The fourth-order valence-electron chi connectivity index (χ4n) is 2.01. The van der Waals surface area contributed by atoms with Gasteiger partial charge in [0.2, 0.25) is 11.8 Å². The van der Waals surface area contributed by atoms with Crippen molar-refractivity contribution < 1.29 is 23.9 Å². The number of nitrogens with one attached hydrogen (secondary N) is 2. The first-order valence-electron chi connectivity index (χ1n) is 8.05. The molecule has 8 nitrogen and oxygen atoms in total. The molecule has 0 saturated heterocycles. The first kappa shape index (κ1) is 20.4. The summed E-state index contributed by atoms with van der Waals surface area (Å²) in [7, 11) is 1.57. The molecule has 1 atom stereocenters. The average molecular weight is 351 g/mol. The molecule has 0 unspecified atom stereocenters. The van der Waals surface area contributed by atoms with Gasteiger partial charge in [0, 0.05) is 26.7 Å². The Bertz CT molecular complexity index is 550. The van der Waals surface area contributed by atoms with Gasteiger partial charge in [0.1, 0.15) is 12.6 Å². The van der Waals surface area contributed by atoms with Crippen molar-refractivity contribution in [3.05, 3.63) is 35.9 Å². The number of rotatable bonds is 11. The summed E-state index contributed by atoms with van der Waals surface area (Å²) in [5.74, 6) is -0.939. The molecule has 0 radical (unpaired) electrons. The highest BCUT2D eigenvalue weighted by Gasteiger charge is 2.21. The first-order valence-corrected chi connectivity index (χ1v) is 8.05. The lowest BCUT2D eigenvalue weighted by molar-refractivity contribution is -0.123. The van der Waals surface area contributed by atoms with Gasteiger partial charge in [-0.1, -0.05) is 30.3 Å². The normalized spacial score (nSPS) is 11.4. The molecule has 0 aliphatic heterocycles. The minimum atomic E-state index is -0.890. The maximum absolute atomic E-state index is 12.2. The lowest BCUT2D eigenvalue weighted by Crippen LogP contribution is -2.47. The average Bonchev–Trinajstić information content (AvgIpc) is 2.61. The van der Waals surface area contributed by atoms with Crippen LogP contribution in [0.4, 0.5) is 4.79 Å². The van der Waals surface area contributed by atoms with Gasteiger partial charge >= 0.3 is 6.09 Å². The third-order valence-electron chi connectivity index (χ3n) is 3.33. The molecule has 0 aliphatic carbocycles. The number of hydrogen-bond acceptors (Lipinski definition) is 5. The number of carbonyl (C=O) groups is 3. The van der Waals surface area contributed by atoms with Gasteiger partial charge in [0.05, 0.1) is 0 Å². The Hall–Kier alpha value is -2.61. The second-order valence-corrected chi connectivity index (χ2v) is 5.40. The molecule has 3 amide bonds. The molecule has 0 heterocycles. The number of nitrogens with two attached hydrogens (primary N) is 1. The highest BCUT2D eigenvalue weighted by atomic mass is 16.5. The topological polar surface area (TPSA) is 120 Å². The van der Waals surface area contributed by atoms with Gasteiger partial charge < -0.3 is 25.8 Å². The molecule has 0 bridgehead atoms. The SMILES string of the molecule is COCCCNC(=O)[C@H](CCC(N)=O)NC(=O)OCc1ccccc1. The van der Waals surface area contributed by atoms with E-state index in [-0.39, 0.29) is 19.4 Å². The maximum atomic E-state index is 12.2. The van der Waals surface area contributed by atoms with Crippen molar-refractivity contribution >= 4 is 17.9 Å². The van der Waals surface area contributed by atoms with E-state index in [4.69, 9.17) is 15.2 Å². The fourth-order valence-corrected chi connectivity index (χ4v) is 2.01. The van der Waals surface area contributed by atoms with Crippen molar-refractivity contribution in [1.82, 2.24) is 10.6 Å². The summed E-state index contributed by atoms with van der Waals surface area (Å²) in [4.78, 5) is 35.0. The molecule has 1 aromatic carbocycles. The van der Waals surface area contributed by atoms with Gasteiger partial charge in [-0.2, -0.15) is 0 Å². The smallest absolute Gasteiger partial charge is 0.408 e. The van der Waals surface area contributed by atoms with E-state index in [1.165, 1.54) is 0 Å². The van der Waals surface area contributed by atoms with E-state index in [1.54, 1.807) is 7.11 Å². The summed E-state index contributed by atoms with van der Waals surface area (Å²) in [6.45, 7) is 1.00. The standard InChI is InChI=1S/C17H25N3O5/c1-24-11-5-10-19-16(22)14(8-9-15(18)21)20-17(23)25-12-13-6-3-2-4-7-13/h2-4,6-7,14H,5,8-12H2,1H3,(H2,18,21)(H,19,22)(H,20,23)/t14-/m0/s1. The lowest BCUT2D eigenvalue weighted by atomic mass is 10.1. The van der Waals surface area contributed by atoms with E-state index in [9.17, 15) is 14.4 Å². The van der Waals surface area contributed by atoms with E-state index in [0.717, 1.165) is 5.56 Å². The highest BCUT2D eigenvalue weighted by Crippen LogP contribution is 2.03. The number of hydrogen-bond donors (Lipinski definition) is 3. The minimum absolute atomic E-state index is 0.0187. The van der Waals surface area contributed by atoms with Crippen LogP contribution in [0.25, 0.3) is 0 Å². The van der Waals surface area contributed by atoms with Crippen molar-refractivity contribution in [2.45, 2.75) is 31.9 Å². The van der Waals surface area contributed by atoms with E-state index in [2.05, 4.69) is 10.6 Å². The lowest BCUT2D eigenvalue weighted by Gasteiger charge is -2.18. The van der Waals surface area contributed by atoms with Crippen LogP contribution in [0, 0.1) is 0 Å². The predicted molar refractivity (Wildman–Crippen MR) is 91.5 cm³/mol. The van der Waals surface area contributed by atoms with Gasteiger partial charge in [-0.05, 0) is 18.4 Å². The van der Waals surface area contributed by atoms with Gasteiger partial charge in [0.15, 0.2) is 0 Å². The Morgan fingerprint density at radius 3 is 2.56 bits per heavy atom. The molecule has 8 heteroatoms. The zero-order valence-electron chi connectivity index (χ0n) is 14.3. The van der Waals surface area contributed by atoms with E-state index in [0.29, 0.717) is 19.6 Å². The number of primary amides is 1. The second-order valence-electron chi connectivity index (χ2n) is 5.40. The third-order valence-corrected chi connectivity index (χ3v) is 3.33. The molecule has 0 saturated carbocycles. The molecule has 138 valence electrons. The van der Waals surface area contributed by atoms with Gasteiger partial charge in [-0.25, -0.2) is 4.79 Å². The van der Waals surface area contributed by atoms with Crippen molar-refractivity contribution in [1.29, 1.82) is 0 Å². The van der Waals surface area contributed by atoms with Crippen LogP contribution in [0.5, 0.6) is 0 Å².